The predicted octanol–water partition coefficient (Wildman–Crippen LogP) is 2.02. The Morgan fingerprint density at radius 2 is 2.18 bits per heavy atom. The molecule has 0 bridgehead atoms. The zero-order valence-corrected chi connectivity index (χ0v) is 14.0. The lowest BCUT2D eigenvalue weighted by atomic mass is 10.1. The summed E-state index contributed by atoms with van der Waals surface area (Å²) in [4.78, 5) is 17.9. The molecular weight excluding hydrogens is 320 g/mol. The Bertz CT molecular complexity index is 635. The van der Waals surface area contributed by atoms with E-state index in [0.29, 0.717) is 5.75 Å². The van der Waals surface area contributed by atoms with Gasteiger partial charge in [-0.2, -0.15) is 0 Å². The van der Waals surface area contributed by atoms with Crippen LogP contribution in [0.3, 0.4) is 0 Å². The van der Waals surface area contributed by atoms with Crippen LogP contribution >= 0.6 is 23.5 Å². The highest BCUT2D eigenvalue weighted by Crippen LogP contribution is 2.38. The van der Waals surface area contributed by atoms with E-state index in [1.165, 1.54) is 0 Å². The SMILES string of the molecule is Cc1cccc(C2=N[C@H]([C@H]3SC[C@H](C(=O)O)N3C)CS2)c1O. The van der Waals surface area contributed by atoms with Gasteiger partial charge < -0.3 is 10.2 Å². The largest absolute Gasteiger partial charge is 0.507 e. The number of carboxylic acid groups (broad SMARTS) is 1. The highest BCUT2D eigenvalue weighted by molar-refractivity contribution is 8.14. The zero-order valence-electron chi connectivity index (χ0n) is 12.4. The fraction of sp³-hybridized carbons (Fsp3) is 0.467. The van der Waals surface area contributed by atoms with Gasteiger partial charge in [-0.25, -0.2) is 0 Å². The summed E-state index contributed by atoms with van der Waals surface area (Å²) in [7, 11) is 1.85. The van der Waals surface area contributed by atoms with E-state index in [2.05, 4.69) is 0 Å². The standard InChI is InChI=1S/C15H18N2O3S2/c1-8-4-3-5-9(12(8)18)13-16-10(6-21-13)14-17(2)11(7-22-14)15(19)20/h3-5,10-11,14,18H,6-7H2,1-2H3,(H,19,20)/t10-,11+,14+/m0/s1. The average molecular weight is 338 g/mol. The fourth-order valence-corrected chi connectivity index (χ4v) is 5.50. The Hall–Kier alpha value is -1.18. The van der Waals surface area contributed by atoms with Crippen molar-refractivity contribution >= 4 is 34.5 Å². The molecule has 1 saturated heterocycles. The molecule has 0 aromatic heterocycles. The van der Waals surface area contributed by atoms with Crippen LogP contribution in [0.5, 0.6) is 5.75 Å². The van der Waals surface area contributed by atoms with E-state index in [1.54, 1.807) is 23.5 Å². The molecule has 2 aliphatic rings. The first kappa shape index (κ1) is 15.7. The molecule has 0 spiro atoms. The van der Waals surface area contributed by atoms with E-state index in [-0.39, 0.29) is 17.2 Å². The van der Waals surface area contributed by atoms with Crippen LogP contribution in [0.25, 0.3) is 0 Å². The number of rotatable bonds is 3. The molecule has 22 heavy (non-hydrogen) atoms. The summed E-state index contributed by atoms with van der Waals surface area (Å²) in [5.41, 5.74) is 1.61. The monoisotopic (exact) mass is 338 g/mol. The summed E-state index contributed by atoms with van der Waals surface area (Å²) in [5, 5.41) is 20.3. The fourth-order valence-electron chi connectivity index (χ4n) is 2.74. The third-order valence-corrected chi connectivity index (χ3v) is 6.68. The minimum Gasteiger partial charge on any atom is -0.507 e. The van der Waals surface area contributed by atoms with E-state index in [1.807, 2.05) is 37.1 Å². The Labute approximate surface area is 137 Å². The number of phenols is 1. The number of hydrogen-bond acceptors (Lipinski definition) is 6. The van der Waals surface area contributed by atoms with Crippen molar-refractivity contribution in [3.05, 3.63) is 29.3 Å². The predicted molar refractivity (Wildman–Crippen MR) is 91.1 cm³/mol. The Morgan fingerprint density at radius 1 is 1.41 bits per heavy atom. The van der Waals surface area contributed by atoms with E-state index >= 15 is 0 Å². The molecule has 5 nitrogen and oxygen atoms in total. The molecular formula is C15H18N2O3S2. The third kappa shape index (κ3) is 2.73. The highest BCUT2D eigenvalue weighted by Gasteiger charge is 2.41. The second kappa shape index (κ2) is 6.14. The molecule has 2 N–H and O–H groups in total. The average Bonchev–Trinajstić information content (AvgIpc) is 3.08. The number of aliphatic carboxylic acids is 1. The molecule has 0 unspecified atom stereocenters. The normalized spacial score (nSPS) is 28.8. The number of para-hydroxylation sites is 1. The number of aryl methyl sites for hydroxylation is 1. The minimum atomic E-state index is -0.774. The van der Waals surface area contributed by atoms with Gasteiger partial charge in [-0.15, -0.1) is 23.5 Å². The molecule has 0 saturated carbocycles. The van der Waals surface area contributed by atoms with Gasteiger partial charge in [-0.3, -0.25) is 14.7 Å². The molecule has 0 radical (unpaired) electrons. The first-order chi connectivity index (χ1) is 10.5. The van der Waals surface area contributed by atoms with Crippen LogP contribution in [0.1, 0.15) is 11.1 Å². The topological polar surface area (TPSA) is 73.1 Å². The van der Waals surface area contributed by atoms with E-state index in [4.69, 9.17) is 4.99 Å². The van der Waals surface area contributed by atoms with Gasteiger partial charge >= 0.3 is 5.97 Å². The van der Waals surface area contributed by atoms with Gasteiger partial charge in [0.2, 0.25) is 0 Å². The van der Waals surface area contributed by atoms with Crippen molar-refractivity contribution in [2.24, 2.45) is 4.99 Å². The number of carboxylic acids is 1. The number of hydrogen-bond donors (Lipinski definition) is 2. The lowest BCUT2D eigenvalue weighted by Gasteiger charge is -2.24. The lowest BCUT2D eigenvalue weighted by Crippen LogP contribution is -2.42. The Kier molecular flexibility index (Phi) is 4.38. The Balaban J connectivity index is 1.80. The molecule has 0 aliphatic carbocycles. The van der Waals surface area contributed by atoms with E-state index in [9.17, 15) is 15.0 Å². The van der Waals surface area contributed by atoms with Crippen LogP contribution in [-0.4, -0.2) is 62.1 Å². The van der Waals surface area contributed by atoms with Crippen LogP contribution in [0.4, 0.5) is 0 Å². The van der Waals surface area contributed by atoms with Crippen molar-refractivity contribution < 1.29 is 15.0 Å². The van der Waals surface area contributed by atoms with Crippen molar-refractivity contribution in [1.29, 1.82) is 0 Å². The molecule has 2 heterocycles. The summed E-state index contributed by atoms with van der Waals surface area (Å²) in [6.07, 6.45) is 0. The van der Waals surface area contributed by atoms with Gasteiger partial charge in [0, 0.05) is 17.1 Å². The van der Waals surface area contributed by atoms with Crippen molar-refractivity contribution in [2.75, 3.05) is 18.6 Å². The summed E-state index contributed by atoms with van der Waals surface area (Å²) >= 11 is 3.28. The lowest BCUT2D eigenvalue weighted by molar-refractivity contribution is -0.141. The minimum absolute atomic E-state index is 0.0549. The summed E-state index contributed by atoms with van der Waals surface area (Å²) in [6.45, 7) is 1.87. The summed E-state index contributed by atoms with van der Waals surface area (Å²) < 4.78 is 0. The molecule has 118 valence electrons. The smallest absolute Gasteiger partial charge is 0.321 e. The van der Waals surface area contributed by atoms with Crippen molar-refractivity contribution in [2.45, 2.75) is 24.4 Å². The Morgan fingerprint density at radius 3 is 2.86 bits per heavy atom. The van der Waals surface area contributed by atoms with Gasteiger partial charge in [0.25, 0.3) is 0 Å². The van der Waals surface area contributed by atoms with Crippen molar-refractivity contribution in [3.8, 4) is 5.75 Å². The first-order valence-corrected chi connectivity index (χ1v) is 9.08. The van der Waals surface area contributed by atoms with Crippen LogP contribution in [0.2, 0.25) is 0 Å². The zero-order chi connectivity index (χ0) is 15.9. The number of aromatic hydroxyl groups is 1. The third-order valence-electron chi connectivity index (χ3n) is 4.07. The summed E-state index contributed by atoms with van der Waals surface area (Å²) in [6, 6.07) is 5.28. The number of likely N-dealkylation sites (N-methyl/N-ethyl adjacent to an activating group) is 1. The second-order valence-electron chi connectivity index (χ2n) is 5.53. The molecule has 3 atom stereocenters. The maximum Gasteiger partial charge on any atom is 0.321 e. The molecule has 2 aliphatic heterocycles. The van der Waals surface area contributed by atoms with Gasteiger partial charge in [0.15, 0.2) is 0 Å². The summed E-state index contributed by atoms with van der Waals surface area (Å²) in [5.74, 6) is 0.920. The van der Waals surface area contributed by atoms with Crippen LogP contribution in [-0.2, 0) is 4.79 Å². The van der Waals surface area contributed by atoms with Gasteiger partial charge in [0.1, 0.15) is 16.8 Å². The van der Waals surface area contributed by atoms with Crippen molar-refractivity contribution in [1.82, 2.24) is 4.90 Å². The van der Waals surface area contributed by atoms with Gasteiger partial charge in [-0.05, 0) is 25.6 Å². The highest BCUT2D eigenvalue weighted by atomic mass is 32.2. The van der Waals surface area contributed by atoms with Crippen molar-refractivity contribution in [3.63, 3.8) is 0 Å². The second-order valence-corrected chi connectivity index (χ2v) is 7.69. The van der Waals surface area contributed by atoms with E-state index < -0.39 is 12.0 Å². The van der Waals surface area contributed by atoms with Gasteiger partial charge in [-0.1, -0.05) is 12.1 Å². The quantitative estimate of drug-likeness (QED) is 0.878. The number of aliphatic imine (C=N–C) groups is 1. The van der Waals surface area contributed by atoms with Crippen LogP contribution < -0.4 is 0 Å². The molecule has 1 aromatic carbocycles. The number of benzene rings is 1. The number of nitrogens with zero attached hydrogens (tertiary/aromatic N) is 2. The molecule has 3 rings (SSSR count). The molecule has 0 amide bonds. The molecule has 1 fully saturated rings. The maximum atomic E-state index is 11.2. The van der Waals surface area contributed by atoms with E-state index in [0.717, 1.165) is 21.9 Å². The first-order valence-electron chi connectivity index (χ1n) is 7.05. The maximum absolute atomic E-state index is 11.2. The van der Waals surface area contributed by atoms with Crippen LogP contribution in [0, 0.1) is 6.92 Å². The number of carbonyl (C=O) groups is 1. The molecule has 7 heteroatoms. The number of phenolic OH excluding ortho intramolecular Hbond substituents is 1. The van der Waals surface area contributed by atoms with Crippen LogP contribution in [0.15, 0.2) is 23.2 Å². The number of thioether (sulfide) groups is 2. The van der Waals surface area contributed by atoms with Gasteiger partial charge in [0.05, 0.1) is 11.4 Å². The molecule has 1 aromatic rings.